The monoisotopic (exact) mass is 319 g/mol. The lowest BCUT2D eigenvalue weighted by molar-refractivity contribution is 0.0698. The fourth-order valence-electron chi connectivity index (χ4n) is 2.43. The molecule has 3 aromatic rings. The lowest BCUT2D eigenvalue weighted by Gasteiger charge is -2.07. The Morgan fingerprint density at radius 2 is 1.54 bits per heavy atom. The first-order chi connectivity index (χ1) is 11.7. The van der Waals surface area contributed by atoms with E-state index < -0.39 is 5.97 Å². The molecule has 24 heavy (non-hydrogen) atoms. The van der Waals surface area contributed by atoms with Crippen LogP contribution < -0.4 is 5.43 Å². The number of hydrogen-bond donors (Lipinski definition) is 2. The highest BCUT2D eigenvalue weighted by Crippen LogP contribution is 2.20. The van der Waals surface area contributed by atoms with Crippen LogP contribution in [0.15, 0.2) is 77.0 Å². The Morgan fingerprint density at radius 3 is 2.33 bits per heavy atom. The third-order valence-corrected chi connectivity index (χ3v) is 3.56. The van der Waals surface area contributed by atoms with Gasteiger partial charge < -0.3 is 5.11 Å². The van der Waals surface area contributed by atoms with E-state index in [1.807, 2.05) is 36.4 Å². The number of anilines is 1. The van der Waals surface area contributed by atoms with Gasteiger partial charge in [0, 0.05) is 5.56 Å². The van der Waals surface area contributed by atoms with Crippen molar-refractivity contribution >= 4 is 28.3 Å². The number of nitrogens with zero attached hydrogens (tertiary/aromatic N) is 2. The van der Waals surface area contributed by atoms with Crippen LogP contribution in [-0.4, -0.2) is 16.9 Å². The highest BCUT2D eigenvalue weighted by Gasteiger charge is 2.11. The molecule has 0 aliphatic rings. The quantitative estimate of drug-likeness (QED) is 0.328. The second-order valence-electron chi connectivity index (χ2n) is 5.02. The van der Waals surface area contributed by atoms with Gasteiger partial charge in [0.15, 0.2) is 0 Å². The molecule has 0 bridgehead atoms. The van der Waals surface area contributed by atoms with Gasteiger partial charge in [0.25, 0.3) is 0 Å². The molecule has 6 nitrogen and oxygen atoms in total. The SMILES string of the molecule is O=N/C(=N/Nc1ccccc1C(=O)O)c1cccc2ccccc12. The van der Waals surface area contributed by atoms with E-state index in [-0.39, 0.29) is 17.1 Å². The van der Waals surface area contributed by atoms with E-state index in [9.17, 15) is 14.8 Å². The number of hydrogen-bond acceptors (Lipinski definition) is 4. The number of amidine groups is 1. The van der Waals surface area contributed by atoms with E-state index in [1.165, 1.54) is 6.07 Å². The van der Waals surface area contributed by atoms with Crippen molar-refractivity contribution in [2.24, 2.45) is 10.3 Å². The maximum Gasteiger partial charge on any atom is 0.337 e. The molecule has 0 fully saturated rings. The molecule has 0 heterocycles. The fourth-order valence-corrected chi connectivity index (χ4v) is 2.43. The predicted molar refractivity (Wildman–Crippen MR) is 93.3 cm³/mol. The number of fused-ring (bicyclic) bond motifs is 1. The Kier molecular flexibility index (Phi) is 4.29. The zero-order valence-electron chi connectivity index (χ0n) is 12.5. The summed E-state index contributed by atoms with van der Waals surface area (Å²) in [5.41, 5.74) is 3.54. The van der Waals surface area contributed by atoms with Crippen molar-refractivity contribution in [1.82, 2.24) is 0 Å². The summed E-state index contributed by atoms with van der Waals surface area (Å²) in [6.45, 7) is 0. The van der Waals surface area contributed by atoms with Crippen LogP contribution in [0.5, 0.6) is 0 Å². The molecule has 0 atom stereocenters. The smallest absolute Gasteiger partial charge is 0.337 e. The normalized spacial score (nSPS) is 11.2. The van der Waals surface area contributed by atoms with Crippen molar-refractivity contribution in [2.75, 3.05) is 5.43 Å². The number of nitroso groups, excluding NO2 is 1. The highest BCUT2D eigenvalue weighted by molar-refractivity contribution is 6.10. The van der Waals surface area contributed by atoms with Crippen LogP contribution in [0.1, 0.15) is 15.9 Å². The Labute approximate surface area is 137 Å². The van der Waals surface area contributed by atoms with E-state index in [0.717, 1.165) is 10.8 Å². The summed E-state index contributed by atoms with van der Waals surface area (Å²) in [5, 5.41) is 18.0. The van der Waals surface area contributed by atoms with Crippen LogP contribution in [0.4, 0.5) is 5.69 Å². The summed E-state index contributed by atoms with van der Waals surface area (Å²) in [7, 11) is 0. The van der Waals surface area contributed by atoms with Crippen LogP contribution in [0.3, 0.4) is 0 Å². The summed E-state index contributed by atoms with van der Waals surface area (Å²) in [5.74, 6) is -1.13. The zero-order chi connectivity index (χ0) is 16.9. The number of carbonyl (C=O) groups is 1. The number of para-hydroxylation sites is 1. The molecular formula is C18H13N3O3. The van der Waals surface area contributed by atoms with Gasteiger partial charge in [0.2, 0.25) is 5.84 Å². The Balaban J connectivity index is 2.02. The van der Waals surface area contributed by atoms with Gasteiger partial charge in [0.1, 0.15) is 0 Å². The molecule has 3 rings (SSSR count). The van der Waals surface area contributed by atoms with Crippen LogP contribution in [0.25, 0.3) is 10.8 Å². The lowest BCUT2D eigenvalue weighted by atomic mass is 10.0. The Bertz CT molecular complexity index is 946. The molecule has 0 spiro atoms. The lowest BCUT2D eigenvalue weighted by Crippen LogP contribution is -2.05. The zero-order valence-corrected chi connectivity index (χ0v) is 12.5. The number of aromatic carboxylic acids is 1. The van der Waals surface area contributed by atoms with Crippen LogP contribution in [0.2, 0.25) is 0 Å². The van der Waals surface area contributed by atoms with E-state index in [0.29, 0.717) is 5.56 Å². The van der Waals surface area contributed by atoms with Gasteiger partial charge in [-0.15, -0.1) is 4.91 Å². The van der Waals surface area contributed by atoms with E-state index in [2.05, 4.69) is 15.7 Å². The van der Waals surface area contributed by atoms with Gasteiger partial charge in [0.05, 0.1) is 11.3 Å². The van der Waals surface area contributed by atoms with Crippen molar-refractivity contribution in [3.8, 4) is 0 Å². The molecule has 0 radical (unpaired) electrons. The van der Waals surface area contributed by atoms with Crippen LogP contribution in [0, 0.1) is 4.91 Å². The van der Waals surface area contributed by atoms with Crippen molar-refractivity contribution in [1.29, 1.82) is 0 Å². The first kappa shape index (κ1) is 15.4. The van der Waals surface area contributed by atoms with E-state index >= 15 is 0 Å². The number of carboxylic acids is 1. The molecule has 0 saturated carbocycles. The molecule has 0 amide bonds. The number of carboxylic acid groups (broad SMARTS) is 1. The molecule has 3 aromatic carbocycles. The summed E-state index contributed by atoms with van der Waals surface area (Å²) in [4.78, 5) is 22.5. The largest absolute Gasteiger partial charge is 0.478 e. The minimum absolute atomic E-state index is 0.0491. The van der Waals surface area contributed by atoms with Gasteiger partial charge in [-0.3, -0.25) is 5.43 Å². The molecule has 0 unspecified atom stereocenters. The summed E-state index contributed by atoms with van der Waals surface area (Å²) in [6.07, 6.45) is 0. The number of benzene rings is 3. The molecule has 6 heteroatoms. The topological polar surface area (TPSA) is 91.1 Å². The van der Waals surface area contributed by atoms with E-state index in [4.69, 9.17) is 0 Å². The van der Waals surface area contributed by atoms with Gasteiger partial charge in [-0.1, -0.05) is 54.6 Å². The average molecular weight is 319 g/mol. The van der Waals surface area contributed by atoms with Crippen molar-refractivity contribution in [3.63, 3.8) is 0 Å². The third kappa shape index (κ3) is 2.98. The van der Waals surface area contributed by atoms with Crippen molar-refractivity contribution < 1.29 is 9.90 Å². The molecule has 0 aliphatic heterocycles. The minimum atomic E-state index is -1.08. The minimum Gasteiger partial charge on any atom is -0.478 e. The van der Waals surface area contributed by atoms with Gasteiger partial charge >= 0.3 is 5.97 Å². The second kappa shape index (κ2) is 6.70. The molecule has 118 valence electrons. The van der Waals surface area contributed by atoms with Gasteiger partial charge in [-0.05, 0) is 28.1 Å². The number of rotatable bonds is 4. The summed E-state index contributed by atoms with van der Waals surface area (Å²) >= 11 is 0. The average Bonchev–Trinajstić information content (AvgIpc) is 2.62. The second-order valence-corrected chi connectivity index (χ2v) is 5.02. The van der Waals surface area contributed by atoms with Crippen LogP contribution in [-0.2, 0) is 0 Å². The Morgan fingerprint density at radius 1 is 0.875 bits per heavy atom. The maximum absolute atomic E-state index is 11.3. The standard InChI is InChI=1S/C18H13N3O3/c22-18(23)15-9-3-4-11-16(15)19-20-17(21-24)14-10-5-7-12-6-1-2-8-13(12)14/h1-11,19H,(H,22,23)/b20-17+. The maximum atomic E-state index is 11.3. The third-order valence-electron chi connectivity index (χ3n) is 3.56. The Hall–Kier alpha value is -3.54. The molecule has 0 aromatic heterocycles. The predicted octanol–water partition coefficient (Wildman–Crippen LogP) is 4.08. The van der Waals surface area contributed by atoms with Crippen LogP contribution >= 0.6 is 0 Å². The highest BCUT2D eigenvalue weighted by atomic mass is 16.4. The fraction of sp³-hybridized carbons (Fsp3) is 0. The number of hydrazone groups is 1. The molecule has 0 aliphatic carbocycles. The first-order valence-electron chi connectivity index (χ1n) is 7.18. The first-order valence-corrected chi connectivity index (χ1v) is 7.18. The van der Waals surface area contributed by atoms with E-state index in [1.54, 1.807) is 24.3 Å². The summed E-state index contributed by atoms with van der Waals surface area (Å²) < 4.78 is 0. The van der Waals surface area contributed by atoms with Crippen molar-refractivity contribution in [3.05, 3.63) is 82.8 Å². The molecular weight excluding hydrogens is 306 g/mol. The summed E-state index contributed by atoms with van der Waals surface area (Å²) in [6, 6.07) is 19.3. The molecule has 0 saturated heterocycles. The van der Waals surface area contributed by atoms with Gasteiger partial charge in [-0.2, -0.15) is 5.10 Å². The van der Waals surface area contributed by atoms with Crippen molar-refractivity contribution in [2.45, 2.75) is 0 Å². The molecule has 2 N–H and O–H groups in total. The number of nitrogens with one attached hydrogen (secondary N) is 1. The van der Waals surface area contributed by atoms with Gasteiger partial charge in [-0.25, -0.2) is 4.79 Å².